The summed E-state index contributed by atoms with van der Waals surface area (Å²) in [5.74, 6) is 0.305. The summed E-state index contributed by atoms with van der Waals surface area (Å²) in [6, 6.07) is -0.552. The maximum absolute atomic E-state index is 10.5. The highest BCUT2D eigenvalue weighted by Crippen LogP contribution is 2.28. The van der Waals surface area contributed by atoms with Crippen LogP contribution in [0.5, 0.6) is 0 Å². The van der Waals surface area contributed by atoms with Gasteiger partial charge >= 0.3 is 0 Å². The van der Waals surface area contributed by atoms with Crippen LogP contribution in [0.4, 0.5) is 0 Å². The smallest absolute Gasteiger partial charge is 0.234 e. The molecule has 1 saturated carbocycles. The van der Waals surface area contributed by atoms with Gasteiger partial charge in [-0.2, -0.15) is 0 Å². The molecule has 4 heteroatoms. The number of rotatable bonds is 6. The Hall–Kier alpha value is -0.610. The molecule has 0 radical (unpaired) electrons. The van der Waals surface area contributed by atoms with E-state index in [1.54, 1.807) is 0 Å². The first-order valence-corrected chi connectivity index (χ1v) is 4.33. The summed E-state index contributed by atoms with van der Waals surface area (Å²) < 4.78 is 5.29. The van der Waals surface area contributed by atoms with Gasteiger partial charge in [-0.05, 0) is 25.2 Å². The molecule has 0 aromatic rings. The molecular formula is C8H16N2O2. The molecule has 12 heavy (non-hydrogen) atoms. The topological polar surface area (TPSA) is 78.3 Å². The third-order valence-electron chi connectivity index (χ3n) is 1.99. The molecule has 1 atom stereocenters. The van der Waals surface area contributed by atoms with Crippen LogP contribution in [-0.4, -0.2) is 25.2 Å². The average molecular weight is 172 g/mol. The van der Waals surface area contributed by atoms with E-state index in [0.717, 1.165) is 12.5 Å². The van der Waals surface area contributed by atoms with Crippen molar-refractivity contribution in [1.29, 1.82) is 0 Å². The van der Waals surface area contributed by atoms with E-state index in [1.807, 2.05) is 0 Å². The molecule has 1 aliphatic carbocycles. The van der Waals surface area contributed by atoms with E-state index < -0.39 is 11.9 Å². The van der Waals surface area contributed by atoms with Crippen LogP contribution in [-0.2, 0) is 9.53 Å². The lowest BCUT2D eigenvalue weighted by Crippen LogP contribution is -2.37. The molecule has 0 aromatic carbocycles. The van der Waals surface area contributed by atoms with Crippen LogP contribution < -0.4 is 11.5 Å². The van der Waals surface area contributed by atoms with Crippen LogP contribution in [0.15, 0.2) is 0 Å². The molecule has 0 heterocycles. The number of ether oxygens (including phenoxy) is 1. The minimum absolute atomic E-state index is 0.454. The SMILES string of the molecule is NC(=O)C(N)CCOCC1CC1. The van der Waals surface area contributed by atoms with Crippen molar-refractivity contribution < 1.29 is 9.53 Å². The van der Waals surface area contributed by atoms with Gasteiger partial charge < -0.3 is 16.2 Å². The molecule has 0 aliphatic heterocycles. The molecule has 0 aromatic heterocycles. The molecule has 1 fully saturated rings. The molecule has 0 spiro atoms. The van der Waals surface area contributed by atoms with Crippen molar-refractivity contribution in [2.45, 2.75) is 25.3 Å². The van der Waals surface area contributed by atoms with Crippen molar-refractivity contribution in [3.8, 4) is 0 Å². The predicted octanol–water partition coefficient (Wildman–Crippen LogP) is -0.384. The zero-order valence-electron chi connectivity index (χ0n) is 7.16. The maximum Gasteiger partial charge on any atom is 0.234 e. The van der Waals surface area contributed by atoms with E-state index in [0.29, 0.717) is 13.0 Å². The number of carbonyl (C=O) groups excluding carboxylic acids is 1. The molecule has 4 nitrogen and oxygen atoms in total. The quantitative estimate of drug-likeness (QED) is 0.536. The van der Waals surface area contributed by atoms with E-state index in [2.05, 4.69) is 0 Å². The lowest BCUT2D eigenvalue weighted by molar-refractivity contribution is -0.119. The molecule has 1 aliphatic rings. The van der Waals surface area contributed by atoms with Gasteiger partial charge in [0.2, 0.25) is 5.91 Å². The minimum atomic E-state index is -0.552. The average Bonchev–Trinajstić information content (AvgIpc) is 2.80. The van der Waals surface area contributed by atoms with Gasteiger partial charge in [0, 0.05) is 13.2 Å². The van der Waals surface area contributed by atoms with E-state index in [9.17, 15) is 4.79 Å². The summed E-state index contributed by atoms with van der Waals surface area (Å²) in [4.78, 5) is 10.5. The Morgan fingerprint density at radius 3 is 2.75 bits per heavy atom. The maximum atomic E-state index is 10.5. The normalized spacial score (nSPS) is 19.1. The van der Waals surface area contributed by atoms with Gasteiger partial charge in [0.15, 0.2) is 0 Å². The third-order valence-corrected chi connectivity index (χ3v) is 1.99. The van der Waals surface area contributed by atoms with Crippen LogP contribution >= 0.6 is 0 Å². The van der Waals surface area contributed by atoms with Crippen molar-refractivity contribution in [1.82, 2.24) is 0 Å². The molecule has 0 saturated heterocycles. The first-order chi connectivity index (χ1) is 5.70. The Kier molecular flexibility index (Phi) is 3.49. The Labute approximate surface area is 72.2 Å². The second-order valence-corrected chi connectivity index (χ2v) is 3.32. The monoisotopic (exact) mass is 172 g/mol. The molecule has 1 unspecified atom stereocenters. The van der Waals surface area contributed by atoms with E-state index >= 15 is 0 Å². The molecule has 4 N–H and O–H groups in total. The molecule has 70 valence electrons. The fraction of sp³-hybridized carbons (Fsp3) is 0.875. The number of carbonyl (C=O) groups is 1. The molecule has 0 bridgehead atoms. The standard InChI is InChI=1S/C8H16N2O2/c9-7(8(10)11)3-4-12-5-6-1-2-6/h6-7H,1-5,9H2,(H2,10,11). The number of amides is 1. The summed E-state index contributed by atoms with van der Waals surface area (Å²) in [6.45, 7) is 1.35. The van der Waals surface area contributed by atoms with Crippen LogP contribution in [0.25, 0.3) is 0 Å². The van der Waals surface area contributed by atoms with Gasteiger partial charge in [-0.3, -0.25) is 4.79 Å². The van der Waals surface area contributed by atoms with E-state index in [1.165, 1.54) is 12.8 Å². The predicted molar refractivity (Wildman–Crippen MR) is 45.3 cm³/mol. The second-order valence-electron chi connectivity index (χ2n) is 3.32. The lowest BCUT2D eigenvalue weighted by atomic mass is 10.2. The minimum Gasteiger partial charge on any atom is -0.381 e. The van der Waals surface area contributed by atoms with Crippen molar-refractivity contribution >= 4 is 5.91 Å². The largest absolute Gasteiger partial charge is 0.381 e. The zero-order valence-corrected chi connectivity index (χ0v) is 7.16. The van der Waals surface area contributed by atoms with Crippen LogP contribution in [0.1, 0.15) is 19.3 Å². The summed E-state index contributed by atoms with van der Waals surface area (Å²) in [6.07, 6.45) is 3.09. The van der Waals surface area contributed by atoms with Gasteiger partial charge in [0.05, 0.1) is 6.04 Å². The fourth-order valence-corrected chi connectivity index (χ4v) is 0.887. The number of hydrogen-bond donors (Lipinski definition) is 2. The summed E-state index contributed by atoms with van der Waals surface area (Å²) in [5.41, 5.74) is 10.4. The highest BCUT2D eigenvalue weighted by molar-refractivity contribution is 5.79. The summed E-state index contributed by atoms with van der Waals surface area (Å²) in [7, 11) is 0. The number of hydrogen-bond acceptors (Lipinski definition) is 3. The summed E-state index contributed by atoms with van der Waals surface area (Å²) in [5, 5.41) is 0. The zero-order chi connectivity index (χ0) is 8.97. The molecular weight excluding hydrogens is 156 g/mol. The van der Waals surface area contributed by atoms with Crippen LogP contribution in [0.3, 0.4) is 0 Å². The van der Waals surface area contributed by atoms with Crippen LogP contribution in [0.2, 0.25) is 0 Å². The Morgan fingerprint density at radius 1 is 1.58 bits per heavy atom. The number of primary amides is 1. The van der Waals surface area contributed by atoms with Gasteiger partial charge in [-0.1, -0.05) is 0 Å². The van der Waals surface area contributed by atoms with Crippen LogP contribution in [0, 0.1) is 5.92 Å². The lowest BCUT2D eigenvalue weighted by Gasteiger charge is -2.06. The van der Waals surface area contributed by atoms with Crippen molar-refractivity contribution in [2.24, 2.45) is 17.4 Å². The third kappa shape index (κ3) is 3.69. The second kappa shape index (κ2) is 4.42. The van der Waals surface area contributed by atoms with E-state index in [-0.39, 0.29) is 0 Å². The Morgan fingerprint density at radius 2 is 2.25 bits per heavy atom. The van der Waals surface area contributed by atoms with Crippen molar-refractivity contribution in [2.75, 3.05) is 13.2 Å². The van der Waals surface area contributed by atoms with Gasteiger partial charge in [0.1, 0.15) is 0 Å². The van der Waals surface area contributed by atoms with E-state index in [4.69, 9.17) is 16.2 Å². The Bertz CT molecular complexity index is 157. The first-order valence-electron chi connectivity index (χ1n) is 4.33. The first kappa shape index (κ1) is 9.48. The highest BCUT2D eigenvalue weighted by atomic mass is 16.5. The molecule has 1 rings (SSSR count). The Balaban J connectivity index is 1.89. The van der Waals surface area contributed by atoms with Crippen molar-refractivity contribution in [3.63, 3.8) is 0 Å². The van der Waals surface area contributed by atoms with Gasteiger partial charge in [0.25, 0.3) is 0 Å². The molecule has 1 amide bonds. The number of nitrogens with two attached hydrogens (primary N) is 2. The van der Waals surface area contributed by atoms with Gasteiger partial charge in [-0.25, -0.2) is 0 Å². The fourth-order valence-electron chi connectivity index (χ4n) is 0.887. The summed E-state index contributed by atoms with van der Waals surface area (Å²) >= 11 is 0. The highest BCUT2D eigenvalue weighted by Gasteiger charge is 2.21. The van der Waals surface area contributed by atoms with Gasteiger partial charge in [-0.15, -0.1) is 0 Å². The van der Waals surface area contributed by atoms with Crippen molar-refractivity contribution in [3.05, 3.63) is 0 Å².